The highest BCUT2D eigenvalue weighted by Gasteiger charge is 2.16. The first-order chi connectivity index (χ1) is 11.6. The van der Waals surface area contributed by atoms with Crippen molar-refractivity contribution in [2.75, 3.05) is 5.73 Å². The molecule has 0 saturated heterocycles. The van der Waals surface area contributed by atoms with E-state index in [9.17, 15) is 0 Å². The Kier molecular flexibility index (Phi) is 5.63. The zero-order chi connectivity index (χ0) is 17.1. The second-order valence-corrected chi connectivity index (χ2v) is 8.19. The summed E-state index contributed by atoms with van der Waals surface area (Å²) < 4.78 is 4.24. The standard InChI is InChI=1S/C16H13BrIN5S/c1-2-3-4-5-23-15-13(14(19)20-9-21-15)22-16(23)24-12-7-10(17)6-11(18)8-12/h1,6-9H,3-5H2,(H2,19,20,21). The van der Waals surface area contributed by atoms with Gasteiger partial charge in [0.05, 0.1) is 0 Å². The molecule has 0 saturated carbocycles. The number of benzene rings is 1. The molecule has 0 bridgehead atoms. The van der Waals surface area contributed by atoms with E-state index in [2.05, 4.69) is 82.2 Å². The van der Waals surface area contributed by atoms with Crippen molar-refractivity contribution in [2.45, 2.75) is 29.4 Å². The van der Waals surface area contributed by atoms with Crippen LogP contribution in [0.25, 0.3) is 11.2 Å². The van der Waals surface area contributed by atoms with Crippen LogP contribution in [0, 0.1) is 15.9 Å². The van der Waals surface area contributed by atoms with E-state index in [1.807, 2.05) is 0 Å². The van der Waals surface area contributed by atoms with Crippen LogP contribution in [0.3, 0.4) is 0 Å². The number of unbranched alkanes of at least 4 members (excludes halogenated alkanes) is 1. The normalized spacial score (nSPS) is 10.9. The fourth-order valence-corrected chi connectivity index (χ4v) is 5.21. The lowest BCUT2D eigenvalue weighted by Crippen LogP contribution is -2.01. The molecular weight excluding hydrogens is 501 g/mol. The summed E-state index contributed by atoms with van der Waals surface area (Å²) in [6.45, 7) is 0.741. The third-order valence-electron chi connectivity index (χ3n) is 3.27. The highest BCUT2D eigenvalue weighted by Crippen LogP contribution is 2.33. The topological polar surface area (TPSA) is 69.6 Å². The van der Waals surface area contributed by atoms with Gasteiger partial charge in [0.25, 0.3) is 0 Å². The van der Waals surface area contributed by atoms with E-state index in [4.69, 9.17) is 12.2 Å². The van der Waals surface area contributed by atoms with Gasteiger partial charge < -0.3 is 10.3 Å². The summed E-state index contributed by atoms with van der Waals surface area (Å²) in [5, 5.41) is 0.836. The lowest BCUT2D eigenvalue weighted by Gasteiger charge is -2.08. The second kappa shape index (κ2) is 7.72. The van der Waals surface area contributed by atoms with E-state index in [-0.39, 0.29) is 0 Å². The van der Waals surface area contributed by atoms with Gasteiger partial charge in [-0.1, -0.05) is 27.7 Å². The fourth-order valence-electron chi connectivity index (χ4n) is 2.25. The van der Waals surface area contributed by atoms with E-state index in [0.717, 1.165) is 36.7 Å². The number of imidazole rings is 1. The van der Waals surface area contributed by atoms with Crippen LogP contribution < -0.4 is 5.73 Å². The van der Waals surface area contributed by atoms with Gasteiger partial charge >= 0.3 is 0 Å². The SMILES string of the molecule is C#CCCCn1c(Sc2cc(Br)cc(I)c2)nc2c(N)ncnc21. The maximum absolute atomic E-state index is 5.96. The van der Waals surface area contributed by atoms with Crippen molar-refractivity contribution in [2.24, 2.45) is 0 Å². The maximum atomic E-state index is 5.96. The molecule has 8 heteroatoms. The lowest BCUT2D eigenvalue weighted by molar-refractivity contribution is 0.615. The fraction of sp³-hybridized carbons (Fsp3) is 0.188. The van der Waals surface area contributed by atoms with Crippen molar-refractivity contribution in [1.29, 1.82) is 0 Å². The Hall–Kier alpha value is -1.31. The van der Waals surface area contributed by atoms with Crippen LogP contribution in [-0.2, 0) is 6.54 Å². The Labute approximate surface area is 166 Å². The highest BCUT2D eigenvalue weighted by atomic mass is 127. The molecule has 0 radical (unpaired) electrons. The summed E-state index contributed by atoms with van der Waals surface area (Å²) in [5.74, 6) is 3.06. The minimum atomic E-state index is 0.390. The third kappa shape index (κ3) is 3.84. The molecule has 3 rings (SSSR count). The summed E-state index contributed by atoms with van der Waals surface area (Å²) in [6, 6.07) is 6.23. The largest absolute Gasteiger partial charge is 0.382 e. The van der Waals surface area contributed by atoms with Crippen LogP contribution in [0.5, 0.6) is 0 Å². The Balaban J connectivity index is 2.03. The van der Waals surface area contributed by atoms with Crippen LogP contribution in [-0.4, -0.2) is 19.5 Å². The number of aryl methyl sites for hydroxylation is 1. The molecule has 0 aliphatic carbocycles. The molecule has 3 aromatic rings. The molecule has 0 aliphatic heterocycles. The first-order valence-corrected chi connectivity index (χ1v) is 9.81. The number of nitrogens with two attached hydrogens (primary N) is 1. The molecule has 1 aromatic carbocycles. The number of rotatable bonds is 5. The van der Waals surface area contributed by atoms with E-state index >= 15 is 0 Å². The van der Waals surface area contributed by atoms with Crippen molar-refractivity contribution in [1.82, 2.24) is 19.5 Å². The third-order valence-corrected chi connectivity index (χ3v) is 5.32. The van der Waals surface area contributed by atoms with Crippen LogP contribution in [0.1, 0.15) is 12.8 Å². The predicted octanol–water partition coefficient (Wildman–Crippen LogP) is 4.34. The van der Waals surface area contributed by atoms with Crippen molar-refractivity contribution < 1.29 is 0 Å². The Morgan fingerprint density at radius 1 is 1.33 bits per heavy atom. The zero-order valence-corrected chi connectivity index (χ0v) is 17.1. The van der Waals surface area contributed by atoms with Gasteiger partial charge in [-0.2, -0.15) is 0 Å². The molecule has 2 N–H and O–H groups in total. The molecule has 0 fully saturated rings. The first-order valence-electron chi connectivity index (χ1n) is 7.12. The van der Waals surface area contributed by atoms with Gasteiger partial charge in [0, 0.05) is 25.9 Å². The summed E-state index contributed by atoms with van der Waals surface area (Å²) in [5.41, 5.74) is 7.33. The summed E-state index contributed by atoms with van der Waals surface area (Å²) in [7, 11) is 0. The molecule has 2 heterocycles. The van der Waals surface area contributed by atoms with Crippen LogP contribution >= 0.6 is 50.3 Å². The van der Waals surface area contributed by atoms with Crippen molar-refractivity contribution in [3.63, 3.8) is 0 Å². The molecule has 0 atom stereocenters. The van der Waals surface area contributed by atoms with Crippen LogP contribution in [0.15, 0.2) is 39.1 Å². The summed E-state index contributed by atoms with van der Waals surface area (Å²) in [4.78, 5) is 14.1. The van der Waals surface area contributed by atoms with Gasteiger partial charge in [0.15, 0.2) is 22.1 Å². The molecule has 0 aliphatic rings. The first kappa shape index (κ1) is 17.5. The maximum Gasteiger partial charge on any atom is 0.175 e. The smallest absolute Gasteiger partial charge is 0.175 e. The van der Waals surface area contributed by atoms with E-state index in [0.29, 0.717) is 17.8 Å². The predicted molar refractivity (Wildman–Crippen MR) is 109 cm³/mol. The van der Waals surface area contributed by atoms with E-state index < -0.39 is 0 Å². The Morgan fingerprint density at radius 2 is 2.17 bits per heavy atom. The van der Waals surface area contributed by atoms with Gasteiger partial charge in [0.2, 0.25) is 0 Å². The van der Waals surface area contributed by atoms with Crippen LogP contribution in [0.2, 0.25) is 0 Å². The second-order valence-electron chi connectivity index (χ2n) is 4.99. The van der Waals surface area contributed by atoms with Crippen molar-refractivity contribution >= 4 is 67.3 Å². The average molecular weight is 514 g/mol. The van der Waals surface area contributed by atoms with Gasteiger partial charge in [-0.15, -0.1) is 12.3 Å². The summed E-state index contributed by atoms with van der Waals surface area (Å²) >= 11 is 7.40. The molecule has 0 spiro atoms. The molecule has 0 unspecified atom stereocenters. The minimum absolute atomic E-state index is 0.390. The lowest BCUT2D eigenvalue weighted by atomic mass is 10.3. The molecular formula is C16H13BrIN5S. The molecule has 2 aromatic heterocycles. The molecule has 5 nitrogen and oxygen atoms in total. The molecule has 0 amide bonds. The number of nitrogen functional groups attached to an aromatic ring is 1. The zero-order valence-electron chi connectivity index (χ0n) is 12.5. The van der Waals surface area contributed by atoms with Crippen molar-refractivity contribution in [3.05, 3.63) is 32.6 Å². The number of anilines is 1. The number of fused-ring (bicyclic) bond motifs is 1. The number of terminal acetylenes is 1. The van der Waals surface area contributed by atoms with Gasteiger partial charge in [0.1, 0.15) is 6.33 Å². The Morgan fingerprint density at radius 3 is 2.92 bits per heavy atom. The number of aromatic nitrogens is 4. The van der Waals surface area contributed by atoms with Crippen LogP contribution in [0.4, 0.5) is 5.82 Å². The number of hydrogen-bond donors (Lipinski definition) is 1. The number of halogens is 2. The summed E-state index contributed by atoms with van der Waals surface area (Å²) in [6.07, 6.45) is 8.40. The quantitative estimate of drug-likeness (QED) is 0.312. The molecule has 24 heavy (non-hydrogen) atoms. The average Bonchev–Trinajstić information content (AvgIpc) is 2.86. The van der Waals surface area contributed by atoms with Crippen molar-refractivity contribution in [3.8, 4) is 12.3 Å². The minimum Gasteiger partial charge on any atom is -0.382 e. The number of nitrogens with zero attached hydrogens (tertiary/aromatic N) is 4. The molecule has 122 valence electrons. The van der Waals surface area contributed by atoms with Gasteiger partial charge in [-0.3, -0.25) is 0 Å². The van der Waals surface area contributed by atoms with Gasteiger partial charge in [-0.25, -0.2) is 15.0 Å². The monoisotopic (exact) mass is 513 g/mol. The van der Waals surface area contributed by atoms with Gasteiger partial charge in [-0.05, 0) is 47.2 Å². The highest BCUT2D eigenvalue weighted by molar-refractivity contribution is 14.1. The Bertz CT molecular complexity index is 914. The van der Waals surface area contributed by atoms with E-state index in [1.165, 1.54) is 6.33 Å². The van der Waals surface area contributed by atoms with E-state index in [1.54, 1.807) is 11.8 Å². The number of hydrogen-bond acceptors (Lipinski definition) is 5.